The minimum atomic E-state index is 0.445. The monoisotopic (exact) mass is 168 g/mol. The smallest absolute Gasteiger partial charge is 0.0145 e. The maximum atomic E-state index is 3.74. The van der Waals surface area contributed by atoms with Crippen molar-refractivity contribution < 1.29 is 0 Å². The van der Waals surface area contributed by atoms with Crippen LogP contribution in [0.15, 0.2) is 0 Å². The topological polar surface area (TPSA) is 24.1 Å². The molecule has 0 aromatic heterocycles. The molecule has 2 rings (SSSR count). The van der Waals surface area contributed by atoms with Crippen LogP contribution in [0.4, 0.5) is 0 Å². The van der Waals surface area contributed by atoms with E-state index in [0.29, 0.717) is 5.41 Å². The van der Waals surface area contributed by atoms with Crippen molar-refractivity contribution >= 4 is 0 Å². The molecule has 70 valence electrons. The largest absolute Gasteiger partial charge is 0.316 e. The molecule has 2 N–H and O–H groups in total. The average molecular weight is 168 g/mol. The molecule has 0 aromatic rings. The molecule has 0 spiro atoms. The van der Waals surface area contributed by atoms with Crippen molar-refractivity contribution in [3.8, 4) is 0 Å². The first-order valence-corrected chi connectivity index (χ1v) is 5.15. The lowest BCUT2D eigenvalue weighted by Gasteiger charge is -2.39. The van der Waals surface area contributed by atoms with Crippen LogP contribution in [0.2, 0.25) is 0 Å². The molecular weight excluding hydrogens is 148 g/mol. The summed E-state index contributed by atoms with van der Waals surface area (Å²) >= 11 is 0. The second-order valence-electron chi connectivity index (χ2n) is 4.95. The third kappa shape index (κ3) is 1.80. The van der Waals surface area contributed by atoms with Gasteiger partial charge >= 0.3 is 0 Å². The van der Waals surface area contributed by atoms with Gasteiger partial charge in [-0.15, -0.1) is 0 Å². The van der Waals surface area contributed by atoms with E-state index in [1.165, 1.54) is 25.8 Å². The third-order valence-corrected chi connectivity index (χ3v) is 3.15. The Morgan fingerprint density at radius 3 is 2.58 bits per heavy atom. The molecule has 2 nitrogen and oxygen atoms in total. The fraction of sp³-hybridized carbons (Fsp3) is 1.00. The first kappa shape index (κ1) is 8.52. The van der Waals surface area contributed by atoms with E-state index >= 15 is 0 Å². The molecule has 2 fully saturated rings. The Labute approximate surface area is 75.1 Å². The zero-order valence-electron chi connectivity index (χ0n) is 8.19. The highest BCUT2D eigenvalue weighted by atomic mass is 15.0. The van der Waals surface area contributed by atoms with Crippen molar-refractivity contribution in [3.63, 3.8) is 0 Å². The van der Waals surface area contributed by atoms with Crippen LogP contribution < -0.4 is 10.6 Å². The van der Waals surface area contributed by atoms with E-state index in [9.17, 15) is 0 Å². The van der Waals surface area contributed by atoms with E-state index < -0.39 is 0 Å². The molecule has 1 aliphatic heterocycles. The Bertz CT molecular complexity index is 161. The van der Waals surface area contributed by atoms with Gasteiger partial charge in [0.15, 0.2) is 0 Å². The molecule has 0 amide bonds. The molecule has 1 aliphatic carbocycles. The van der Waals surface area contributed by atoms with Crippen LogP contribution in [-0.2, 0) is 0 Å². The molecule has 1 heterocycles. The Kier molecular flexibility index (Phi) is 2.13. The van der Waals surface area contributed by atoms with Gasteiger partial charge in [-0.05, 0) is 31.2 Å². The maximum Gasteiger partial charge on any atom is 0.0145 e. The van der Waals surface area contributed by atoms with Crippen molar-refractivity contribution in [3.05, 3.63) is 0 Å². The van der Waals surface area contributed by atoms with Crippen LogP contribution in [-0.4, -0.2) is 25.2 Å². The lowest BCUT2D eigenvalue weighted by Crippen LogP contribution is -2.53. The van der Waals surface area contributed by atoms with Gasteiger partial charge in [-0.1, -0.05) is 13.8 Å². The zero-order chi connectivity index (χ0) is 8.60. The van der Waals surface area contributed by atoms with Crippen LogP contribution in [0.3, 0.4) is 0 Å². The highest BCUT2D eigenvalue weighted by Gasteiger charge is 2.35. The summed E-state index contributed by atoms with van der Waals surface area (Å²) in [5.74, 6) is 0. The number of rotatable bonds is 2. The van der Waals surface area contributed by atoms with E-state index in [-0.39, 0.29) is 0 Å². The Balaban J connectivity index is 1.90. The van der Waals surface area contributed by atoms with Crippen molar-refractivity contribution in [1.82, 2.24) is 10.6 Å². The second kappa shape index (κ2) is 3.00. The summed E-state index contributed by atoms with van der Waals surface area (Å²) in [6.45, 7) is 7.07. The molecule has 2 aliphatic rings. The normalized spacial score (nSPS) is 35.0. The fourth-order valence-corrected chi connectivity index (χ4v) is 2.01. The van der Waals surface area contributed by atoms with Gasteiger partial charge in [0, 0.05) is 18.6 Å². The molecule has 1 unspecified atom stereocenters. The van der Waals surface area contributed by atoms with Crippen molar-refractivity contribution in [2.24, 2.45) is 5.41 Å². The maximum absolute atomic E-state index is 3.74. The van der Waals surface area contributed by atoms with Gasteiger partial charge in [0.1, 0.15) is 0 Å². The highest BCUT2D eigenvalue weighted by Crippen LogP contribution is 2.29. The van der Waals surface area contributed by atoms with E-state index in [1.54, 1.807) is 0 Å². The van der Waals surface area contributed by atoms with Gasteiger partial charge in [-0.25, -0.2) is 0 Å². The minimum Gasteiger partial charge on any atom is -0.316 e. The summed E-state index contributed by atoms with van der Waals surface area (Å²) in [4.78, 5) is 0. The standard InChI is InChI=1S/C10H20N2/c1-10(2)7-11-6-5-9(10)12-8-3-4-8/h8-9,11-12H,3-7H2,1-2H3. The van der Waals surface area contributed by atoms with E-state index in [2.05, 4.69) is 24.5 Å². The zero-order valence-corrected chi connectivity index (χ0v) is 8.19. The molecule has 0 radical (unpaired) electrons. The van der Waals surface area contributed by atoms with E-state index in [4.69, 9.17) is 0 Å². The molecule has 1 atom stereocenters. The first-order chi connectivity index (χ1) is 5.68. The van der Waals surface area contributed by atoms with Crippen LogP contribution in [0.5, 0.6) is 0 Å². The minimum absolute atomic E-state index is 0.445. The van der Waals surface area contributed by atoms with Gasteiger partial charge in [0.05, 0.1) is 0 Å². The molecular formula is C10H20N2. The van der Waals surface area contributed by atoms with Gasteiger partial charge in [0.2, 0.25) is 0 Å². The Hall–Kier alpha value is -0.0800. The SMILES string of the molecule is CC1(C)CNCCC1NC1CC1. The van der Waals surface area contributed by atoms with Crippen LogP contribution >= 0.6 is 0 Å². The van der Waals surface area contributed by atoms with E-state index in [0.717, 1.165) is 18.6 Å². The van der Waals surface area contributed by atoms with Crippen molar-refractivity contribution in [2.45, 2.75) is 45.2 Å². The van der Waals surface area contributed by atoms with Gasteiger partial charge in [0.25, 0.3) is 0 Å². The number of nitrogens with one attached hydrogen (secondary N) is 2. The Morgan fingerprint density at radius 1 is 1.25 bits per heavy atom. The summed E-state index contributed by atoms with van der Waals surface area (Å²) in [7, 11) is 0. The molecule has 0 bridgehead atoms. The number of hydrogen-bond acceptors (Lipinski definition) is 2. The summed E-state index contributed by atoms with van der Waals surface area (Å²) in [5.41, 5.74) is 0.445. The first-order valence-electron chi connectivity index (χ1n) is 5.15. The lowest BCUT2D eigenvalue weighted by molar-refractivity contribution is 0.183. The van der Waals surface area contributed by atoms with E-state index in [1.807, 2.05) is 0 Å². The second-order valence-corrected chi connectivity index (χ2v) is 4.95. The number of piperidine rings is 1. The van der Waals surface area contributed by atoms with Crippen LogP contribution in [0.25, 0.3) is 0 Å². The summed E-state index contributed by atoms with van der Waals surface area (Å²) in [6.07, 6.45) is 4.10. The average Bonchev–Trinajstić information content (AvgIpc) is 2.77. The third-order valence-electron chi connectivity index (χ3n) is 3.15. The molecule has 1 saturated heterocycles. The van der Waals surface area contributed by atoms with Crippen molar-refractivity contribution in [1.29, 1.82) is 0 Å². The predicted octanol–water partition coefficient (Wildman–Crippen LogP) is 1.13. The summed E-state index contributed by atoms with van der Waals surface area (Å²) < 4.78 is 0. The fourth-order valence-electron chi connectivity index (χ4n) is 2.01. The quantitative estimate of drug-likeness (QED) is 0.646. The lowest BCUT2D eigenvalue weighted by atomic mass is 9.80. The van der Waals surface area contributed by atoms with Gasteiger partial charge in [-0.2, -0.15) is 0 Å². The highest BCUT2D eigenvalue weighted by molar-refractivity contribution is 4.95. The summed E-state index contributed by atoms with van der Waals surface area (Å²) in [5, 5.41) is 7.20. The molecule has 1 saturated carbocycles. The van der Waals surface area contributed by atoms with Gasteiger partial charge in [-0.3, -0.25) is 0 Å². The van der Waals surface area contributed by atoms with Gasteiger partial charge < -0.3 is 10.6 Å². The molecule has 0 aromatic carbocycles. The molecule has 2 heteroatoms. The van der Waals surface area contributed by atoms with Crippen LogP contribution in [0, 0.1) is 5.41 Å². The van der Waals surface area contributed by atoms with Crippen molar-refractivity contribution in [2.75, 3.05) is 13.1 Å². The predicted molar refractivity (Wildman–Crippen MR) is 51.2 cm³/mol. The van der Waals surface area contributed by atoms with Crippen LogP contribution in [0.1, 0.15) is 33.1 Å². The summed E-state index contributed by atoms with van der Waals surface area (Å²) in [6, 6.07) is 1.60. The Morgan fingerprint density at radius 2 is 2.00 bits per heavy atom. The molecule has 12 heavy (non-hydrogen) atoms. The number of hydrogen-bond donors (Lipinski definition) is 2.